The molecule has 0 aliphatic carbocycles. The van der Waals surface area contributed by atoms with Crippen LogP contribution in [0.1, 0.15) is 11.3 Å². The molecule has 2 aromatic rings. The zero-order valence-electron chi connectivity index (χ0n) is 13.2. The highest BCUT2D eigenvalue weighted by atomic mass is 35.5. The molecule has 0 radical (unpaired) electrons. The second-order valence-corrected chi connectivity index (χ2v) is 5.92. The number of urea groups is 1. The van der Waals surface area contributed by atoms with Crippen molar-refractivity contribution in [2.45, 2.75) is 6.54 Å². The van der Waals surface area contributed by atoms with Gasteiger partial charge in [0.1, 0.15) is 11.3 Å². The number of barbiturate groups is 1. The van der Waals surface area contributed by atoms with E-state index in [4.69, 9.17) is 25.5 Å². The number of hydrogen-bond donors (Lipinski definition) is 1. The maximum Gasteiger partial charge on any atom is 0.331 e. The lowest BCUT2D eigenvalue weighted by Gasteiger charge is -2.25. The predicted octanol–water partition coefficient (Wildman–Crippen LogP) is 2.32. The van der Waals surface area contributed by atoms with E-state index in [1.54, 1.807) is 18.2 Å². The number of amides is 4. The third kappa shape index (κ3) is 2.80. The van der Waals surface area contributed by atoms with Gasteiger partial charge in [0, 0.05) is 6.07 Å². The van der Waals surface area contributed by atoms with Crippen LogP contribution < -0.4 is 14.8 Å². The van der Waals surface area contributed by atoms with Crippen LogP contribution in [0.25, 0.3) is 6.08 Å². The minimum atomic E-state index is -0.815. The van der Waals surface area contributed by atoms with Gasteiger partial charge in [-0.05, 0) is 29.8 Å². The summed E-state index contributed by atoms with van der Waals surface area (Å²) in [6, 6.07) is 5.54. The van der Waals surface area contributed by atoms with Crippen LogP contribution in [-0.4, -0.2) is 29.5 Å². The zero-order valence-corrected chi connectivity index (χ0v) is 13.9. The minimum absolute atomic E-state index is 0.0660. The van der Waals surface area contributed by atoms with Gasteiger partial charge in [0.15, 0.2) is 11.5 Å². The van der Waals surface area contributed by atoms with E-state index in [0.29, 0.717) is 22.8 Å². The smallest absolute Gasteiger partial charge is 0.331 e. The summed E-state index contributed by atoms with van der Waals surface area (Å²) < 4.78 is 15.6. The van der Waals surface area contributed by atoms with Gasteiger partial charge in [0.25, 0.3) is 11.8 Å². The number of furan rings is 1. The van der Waals surface area contributed by atoms with E-state index in [-0.39, 0.29) is 23.9 Å². The third-order valence-corrected chi connectivity index (χ3v) is 4.20. The molecule has 4 rings (SSSR count). The molecular formula is C17H11ClN2O6. The van der Waals surface area contributed by atoms with Gasteiger partial charge >= 0.3 is 6.03 Å². The maximum atomic E-state index is 12.7. The van der Waals surface area contributed by atoms with Gasteiger partial charge in [0.05, 0.1) is 17.8 Å². The van der Waals surface area contributed by atoms with Crippen LogP contribution in [-0.2, 0) is 16.1 Å². The quantitative estimate of drug-likeness (QED) is 0.654. The molecule has 4 amide bonds. The molecule has 0 unspecified atom stereocenters. The van der Waals surface area contributed by atoms with Crippen molar-refractivity contribution < 1.29 is 28.3 Å². The van der Waals surface area contributed by atoms with Crippen molar-refractivity contribution in [2.24, 2.45) is 0 Å². The van der Waals surface area contributed by atoms with E-state index in [0.717, 1.165) is 4.90 Å². The molecule has 1 fully saturated rings. The van der Waals surface area contributed by atoms with Crippen LogP contribution in [0.4, 0.5) is 4.79 Å². The molecule has 1 aromatic heterocycles. The van der Waals surface area contributed by atoms with Crippen LogP contribution in [0.5, 0.6) is 11.5 Å². The summed E-state index contributed by atoms with van der Waals surface area (Å²) in [6.07, 6.45) is 2.74. The highest BCUT2D eigenvalue weighted by molar-refractivity contribution is 6.34. The Hall–Kier alpha value is -3.26. The summed E-state index contributed by atoms with van der Waals surface area (Å²) in [5, 5.41) is 2.41. The van der Waals surface area contributed by atoms with Crippen LogP contribution in [0.3, 0.4) is 0 Å². The fraction of sp³-hybridized carbons (Fsp3) is 0.118. The third-order valence-electron chi connectivity index (χ3n) is 3.87. The monoisotopic (exact) mass is 374 g/mol. The largest absolute Gasteiger partial charge is 0.467 e. The van der Waals surface area contributed by atoms with Crippen molar-refractivity contribution in [3.05, 3.63) is 52.4 Å². The average molecular weight is 375 g/mol. The van der Waals surface area contributed by atoms with Crippen LogP contribution in [0.15, 0.2) is 40.5 Å². The zero-order chi connectivity index (χ0) is 18.3. The lowest BCUT2D eigenvalue weighted by Crippen LogP contribution is -2.53. The molecule has 0 saturated carbocycles. The molecule has 0 atom stereocenters. The Morgan fingerprint density at radius 1 is 1.19 bits per heavy atom. The summed E-state index contributed by atoms with van der Waals surface area (Å²) in [5.74, 6) is -0.212. The Morgan fingerprint density at radius 3 is 2.69 bits per heavy atom. The molecule has 1 saturated heterocycles. The van der Waals surface area contributed by atoms with Crippen LogP contribution in [0, 0.1) is 0 Å². The second kappa shape index (κ2) is 6.23. The summed E-state index contributed by atoms with van der Waals surface area (Å²) in [6.45, 7) is -0.0340. The molecule has 1 N–H and O–H groups in total. The number of nitrogens with one attached hydrogen (secondary N) is 1. The van der Waals surface area contributed by atoms with Gasteiger partial charge in [-0.25, -0.2) is 4.79 Å². The van der Waals surface area contributed by atoms with Crippen LogP contribution in [0.2, 0.25) is 5.02 Å². The lowest BCUT2D eigenvalue weighted by molar-refractivity contribution is -0.130. The number of halogens is 1. The van der Waals surface area contributed by atoms with Gasteiger partial charge < -0.3 is 13.9 Å². The molecule has 2 aliphatic heterocycles. The van der Waals surface area contributed by atoms with E-state index in [1.807, 2.05) is 0 Å². The number of rotatable bonds is 3. The molecule has 0 spiro atoms. The molecule has 1 aromatic carbocycles. The Balaban J connectivity index is 1.68. The number of nitrogens with zero attached hydrogens (tertiary/aromatic N) is 1. The summed E-state index contributed by atoms with van der Waals surface area (Å²) >= 11 is 6.18. The summed E-state index contributed by atoms with van der Waals surface area (Å²) in [4.78, 5) is 37.7. The number of imide groups is 2. The number of hydrogen-bond acceptors (Lipinski definition) is 6. The fourth-order valence-electron chi connectivity index (χ4n) is 2.59. The average Bonchev–Trinajstić information content (AvgIpc) is 3.26. The van der Waals surface area contributed by atoms with E-state index >= 15 is 0 Å². The second-order valence-electron chi connectivity index (χ2n) is 5.51. The van der Waals surface area contributed by atoms with E-state index in [2.05, 4.69) is 5.32 Å². The first-order valence-electron chi connectivity index (χ1n) is 7.53. The fourth-order valence-corrected chi connectivity index (χ4v) is 2.80. The number of benzene rings is 1. The van der Waals surface area contributed by atoms with Gasteiger partial charge in [-0.3, -0.25) is 19.8 Å². The number of carbonyl (C=O) groups is 3. The Bertz CT molecular complexity index is 950. The molecule has 132 valence electrons. The number of ether oxygens (including phenoxy) is 2. The van der Waals surface area contributed by atoms with Crippen molar-refractivity contribution in [1.29, 1.82) is 0 Å². The number of fused-ring (bicyclic) bond motifs is 1. The Labute approximate surface area is 151 Å². The van der Waals surface area contributed by atoms with Crippen LogP contribution >= 0.6 is 11.6 Å². The Kier molecular flexibility index (Phi) is 3.89. The lowest BCUT2D eigenvalue weighted by atomic mass is 10.1. The van der Waals surface area contributed by atoms with Crippen molar-refractivity contribution in [3.63, 3.8) is 0 Å². The SMILES string of the molecule is O=C1NC(=O)N(Cc2ccco2)C(=O)C1=Cc1cc2c(cc1Cl)OCO2. The van der Waals surface area contributed by atoms with Gasteiger partial charge in [-0.1, -0.05) is 11.6 Å². The molecule has 3 heterocycles. The summed E-state index contributed by atoms with van der Waals surface area (Å²) in [7, 11) is 0. The van der Waals surface area contributed by atoms with Gasteiger partial charge in [0.2, 0.25) is 6.79 Å². The number of carbonyl (C=O) groups excluding carboxylic acids is 3. The molecular weight excluding hydrogens is 364 g/mol. The first-order valence-corrected chi connectivity index (χ1v) is 7.91. The molecule has 26 heavy (non-hydrogen) atoms. The topological polar surface area (TPSA) is 98.1 Å². The summed E-state index contributed by atoms with van der Waals surface area (Å²) in [5.41, 5.74) is 0.165. The van der Waals surface area contributed by atoms with Crippen molar-refractivity contribution in [3.8, 4) is 11.5 Å². The molecule has 0 bridgehead atoms. The van der Waals surface area contributed by atoms with Crippen molar-refractivity contribution >= 4 is 35.5 Å². The molecule has 8 nitrogen and oxygen atoms in total. The van der Waals surface area contributed by atoms with Gasteiger partial charge in [-0.2, -0.15) is 0 Å². The normalized spacial score (nSPS) is 17.8. The first kappa shape index (κ1) is 16.2. The van der Waals surface area contributed by atoms with Crippen molar-refractivity contribution in [2.75, 3.05) is 6.79 Å². The highest BCUT2D eigenvalue weighted by Crippen LogP contribution is 2.37. The van der Waals surface area contributed by atoms with Crippen molar-refractivity contribution in [1.82, 2.24) is 10.2 Å². The minimum Gasteiger partial charge on any atom is -0.467 e. The predicted molar refractivity (Wildman–Crippen MR) is 88.3 cm³/mol. The van der Waals surface area contributed by atoms with E-state index < -0.39 is 17.8 Å². The standard InChI is InChI=1S/C17H11ClN2O6/c18-12-6-14-13(25-8-26-14)5-9(12)4-11-15(21)19-17(23)20(16(11)22)7-10-2-1-3-24-10/h1-6H,7-8H2,(H,19,21,23). The van der Waals surface area contributed by atoms with Gasteiger partial charge in [-0.15, -0.1) is 0 Å². The molecule has 2 aliphatic rings. The maximum absolute atomic E-state index is 12.7. The first-order chi connectivity index (χ1) is 12.5. The van der Waals surface area contributed by atoms with E-state index in [9.17, 15) is 14.4 Å². The molecule has 9 heteroatoms. The van der Waals surface area contributed by atoms with E-state index in [1.165, 1.54) is 18.4 Å². The highest BCUT2D eigenvalue weighted by Gasteiger charge is 2.36. The Morgan fingerprint density at radius 2 is 1.96 bits per heavy atom.